The van der Waals surface area contributed by atoms with Gasteiger partial charge < -0.3 is 4.90 Å². The van der Waals surface area contributed by atoms with Gasteiger partial charge in [0.25, 0.3) is 0 Å². The lowest BCUT2D eigenvalue weighted by molar-refractivity contribution is 0.0838. The van der Waals surface area contributed by atoms with Crippen LogP contribution in [0.25, 0.3) is 0 Å². The van der Waals surface area contributed by atoms with E-state index in [2.05, 4.69) is 9.88 Å². The number of rotatable bonds is 2. The summed E-state index contributed by atoms with van der Waals surface area (Å²) in [7, 11) is 3.94. The molecule has 2 heterocycles. The fourth-order valence-electron chi connectivity index (χ4n) is 2.29. The van der Waals surface area contributed by atoms with Crippen molar-refractivity contribution in [3.05, 3.63) is 29.8 Å². The van der Waals surface area contributed by atoms with Crippen molar-refractivity contribution in [3.63, 3.8) is 0 Å². The van der Waals surface area contributed by atoms with Gasteiger partial charge in [-0.3, -0.25) is 14.7 Å². The van der Waals surface area contributed by atoms with E-state index in [1.54, 1.807) is 0 Å². The molecule has 1 aromatic rings. The van der Waals surface area contributed by atoms with Crippen LogP contribution in [0.2, 0.25) is 0 Å². The topological polar surface area (TPSA) is 36.4 Å². The third-order valence-corrected chi connectivity index (χ3v) is 3.36. The highest BCUT2D eigenvalue weighted by molar-refractivity contribution is 6.00. The first-order valence-electron chi connectivity index (χ1n) is 6.11. The number of pyridine rings is 1. The molecule has 1 aliphatic rings. The minimum Gasteiger partial charge on any atom is -0.304 e. The van der Waals surface area contributed by atoms with Gasteiger partial charge in [0.05, 0.1) is 12.2 Å². The summed E-state index contributed by atoms with van der Waals surface area (Å²) in [5.41, 5.74) is 0.349. The summed E-state index contributed by atoms with van der Waals surface area (Å²) in [5, 5.41) is 0. The lowest BCUT2D eigenvalue weighted by atomic mass is 10.0. The molecule has 1 aromatic heterocycles. The van der Waals surface area contributed by atoms with Gasteiger partial charge in [0, 0.05) is 18.3 Å². The average Bonchev–Trinajstić information content (AvgIpc) is 2.50. The first kappa shape index (κ1) is 13.1. The quantitative estimate of drug-likeness (QED) is 0.736. The van der Waals surface area contributed by atoms with Crippen molar-refractivity contribution >= 4 is 5.78 Å². The number of nitrogens with zero attached hydrogens (tertiary/aromatic N) is 3. The van der Waals surface area contributed by atoms with E-state index in [0.717, 1.165) is 25.7 Å². The molecule has 0 aliphatic carbocycles. The SMILES string of the molecule is CN1CCCN(C)C(C(=O)c2cncc(F)c2)C1. The average molecular weight is 251 g/mol. The maximum absolute atomic E-state index is 13.1. The molecule has 0 saturated carbocycles. The molecular formula is C13H18FN3O. The minimum absolute atomic E-state index is 0.0572. The van der Waals surface area contributed by atoms with E-state index in [-0.39, 0.29) is 11.8 Å². The molecule has 1 aliphatic heterocycles. The van der Waals surface area contributed by atoms with Crippen LogP contribution in [0, 0.1) is 5.82 Å². The molecule has 4 nitrogen and oxygen atoms in total. The van der Waals surface area contributed by atoms with Gasteiger partial charge in [-0.15, -0.1) is 0 Å². The minimum atomic E-state index is -0.467. The van der Waals surface area contributed by atoms with Crippen LogP contribution in [0.4, 0.5) is 4.39 Å². The lowest BCUT2D eigenvalue weighted by Crippen LogP contribution is -2.43. The van der Waals surface area contributed by atoms with Crippen molar-refractivity contribution in [2.45, 2.75) is 12.5 Å². The number of hydrogen-bond acceptors (Lipinski definition) is 4. The van der Waals surface area contributed by atoms with Crippen molar-refractivity contribution in [1.29, 1.82) is 0 Å². The number of ketones is 1. The smallest absolute Gasteiger partial charge is 0.182 e. The normalized spacial score (nSPS) is 22.7. The van der Waals surface area contributed by atoms with Crippen molar-refractivity contribution in [2.75, 3.05) is 33.7 Å². The molecule has 0 bridgehead atoms. The second-order valence-corrected chi connectivity index (χ2v) is 4.87. The molecule has 1 fully saturated rings. The molecular weight excluding hydrogens is 233 g/mol. The second-order valence-electron chi connectivity index (χ2n) is 4.87. The molecule has 2 rings (SSSR count). The zero-order valence-corrected chi connectivity index (χ0v) is 10.8. The monoisotopic (exact) mass is 251 g/mol. The summed E-state index contributed by atoms with van der Waals surface area (Å²) >= 11 is 0. The van der Waals surface area contributed by atoms with Crippen LogP contribution >= 0.6 is 0 Å². The van der Waals surface area contributed by atoms with E-state index in [0.29, 0.717) is 12.1 Å². The van der Waals surface area contributed by atoms with Gasteiger partial charge >= 0.3 is 0 Å². The number of likely N-dealkylation sites (N-methyl/N-ethyl adjacent to an activating group) is 2. The lowest BCUT2D eigenvalue weighted by Gasteiger charge is -2.26. The number of Topliss-reactive ketones (excluding diaryl/α,β-unsaturated/α-hetero) is 1. The number of carbonyl (C=O) groups is 1. The number of carbonyl (C=O) groups excluding carboxylic acids is 1. The highest BCUT2D eigenvalue weighted by atomic mass is 19.1. The zero-order chi connectivity index (χ0) is 13.1. The Labute approximate surface area is 106 Å². The van der Waals surface area contributed by atoms with Gasteiger partial charge in [0.1, 0.15) is 5.82 Å². The molecule has 0 aromatic carbocycles. The molecule has 18 heavy (non-hydrogen) atoms. The Bertz CT molecular complexity index is 438. The van der Waals surface area contributed by atoms with E-state index in [4.69, 9.17) is 0 Å². The Morgan fingerprint density at radius 2 is 2.17 bits per heavy atom. The summed E-state index contributed by atoms with van der Waals surface area (Å²) in [5.74, 6) is -0.524. The maximum Gasteiger partial charge on any atom is 0.182 e. The Morgan fingerprint density at radius 3 is 2.89 bits per heavy atom. The van der Waals surface area contributed by atoms with Crippen molar-refractivity contribution < 1.29 is 9.18 Å². The predicted octanol–water partition coefficient (Wildman–Crippen LogP) is 1.04. The fraction of sp³-hybridized carbons (Fsp3) is 0.538. The van der Waals surface area contributed by atoms with E-state index in [1.165, 1.54) is 12.3 Å². The molecule has 0 spiro atoms. The van der Waals surface area contributed by atoms with E-state index in [1.807, 2.05) is 19.0 Å². The summed E-state index contributed by atoms with van der Waals surface area (Å²) in [6, 6.07) is 1.04. The van der Waals surface area contributed by atoms with E-state index in [9.17, 15) is 9.18 Å². The van der Waals surface area contributed by atoms with Gasteiger partial charge in [-0.25, -0.2) is 4.39 Å². The largest absolute Gasteiger partial charge is 0.304 e. The first-order valence-corrected chi connectivity index (χ1v) is 6.11. The van der Waals surface area contributed by atoms with Crippen LogP contribution in [0.1, 0.15) is 16.8 Å². The van der Waals surface area contributed by atoms with Crippen LogP contribution in [0.5, 0.6) is 0 Å². The Balaban J connectivity index is 2.20. The summed E-state index contributed by atoms with van der Waals surface area (Å²) in [6.45, 7) is 2.53. The second kappa shape index (κ2) is 5.54. The van der Waals surface area contributed by atoms with Crippen molar-refractivity contribution in [3.8, 4) is 0 Å². The molecule has 98 valence electrons. The van der Waals surface area contributed by atoms with Crippen LogP contribution in [-0.2, 0) is 0 Å². The van der Waals surface area contributed by atoms with Crippen molar-refractivity contribution in [2.24, 2.45) is 0 Å². The van der Waals surface area contributed by atoms with Gasteiger partial charge in [-0.05, 0) is 39.7 Å². The summed E-state index contributed by atoms with van der Waals surface area (Å²) in [6.07, 6.45) is 3.59. The van der Waals surface area contributed by atoms with Gasteiger partial charge in [-0.2, -0.15) is 0 Å². The molecule has 0 radical (unpaired) electrons. The zero-order valence-electron chi connectivity index (χ0n) is 10.8. The molecule has 5 heteroatoms. The predicted molar refractivity (Wildman–Crippen MR) is 67.1 cm³/mol. The van der Waals surface area contributed by atoms with Crippen LogP contribution in [-0.4, -0.2) is 60.3 Å². The number of hydrogen-bond donors (Lipinski definition) is 0. The van der Waals surface area contributed by atoms with Crippen LogP contribution in [0.3, 0.4) is 0 Å². The highest BCUT2D eigenvalue weighted by Gasteiger charge is 2.28. The maximum atomic E-state index is 13.1. The Morgan fingerprint density at radius 1 is 1.39 bits per heavy atom. The van der Waals surface area contributed by atoms with E-state index >= 15 is 0 Å². The molecule has 0 amide bonds. The highest BCUT2D eigenvalue weighted by Crippen LogP contribution is 2.13. The molecule has 1 saturated heterocycles. The first-order chi connectivity index (χ1) is 8.58. The number of aromatic nitrogens is 1. The van der Waals surface area contributed by atoms with Gasteiger partial charge in [-0.1, -0.05) is 0 Å². The molecule has 1 unspecified atom stereocenters. The summed E-state index contributed by atoms with van der Waals surface area (Å²) < 4.78 is 13.1. The molecule has 1 atom stereocenters. The molecule has 0 N–H and O–H groups in total. The summed E-state index contributed by atoms with van der Waals surface area (Å²) in [4.78, 5) is 20.3. The van der Waals surface area contributed by atoms with Gasteiger partial charge in [0.15, 0.2) is 5.78 Å². The van der Waals surface area contributed by atoms with Crippen molar-refractivity contribution in [1.82, 2.24) is 14.8 Å². The van der Waals surface area contributed by atoms with Crippen LogP contribution in [0.15, 0.2) is 18.5 Å². The Kier molecular flexibility index (Phi) is 4.04. The standard InChI is InChI=1S/C13H18FN3O/c1-16-4-3-5-17(2)12(9-16)13(18)10-6-11(14)8-15-7-10/h6-8,12H,3-5,9H2,1-2H3. The number of halogens is 1. The van der Waals surface area contributed by atoms with Gasteiger partial charge in [0.2, 0.25) is 0 Å². The van der Waals surface area contributed by atoms with E-state index < -0.39 is 5.82 Å². The van der Waals surface area contributed by atoms with Crippen LogP contribution < -0.4 is 0 Å². The Hall–Kier alpha value is -1.33. The third-order valence-electron chi connectivity index (χ3n) is 3.36. The fourth-order valence-corrected chi connectivity index (χ4v) is 2.29. The third kappa shape index (κ3) is 2.91.